The fourth-order valence-corrected chi connectivity index (χ4v) is 2.90. The standard InChI is InChI=1S/C19H18F2O/c1-3-12-4-7-16(17(20)8-12)14-6-5-13-11-19(22-2)18(21)10-15(13)9-14/h4,6-8,10-11H,3,5,9H2,1-2H3. The van der Waals surface area contributed by atoms with Gasteiger partial charge in [0.2, 0.25) is 0 Å². The molecular formula is C19H18F2O. The first-order valence-corrected chi connectivity index (χ1v) is 7.45. The maximum atomic E-state index is 14.3. The quantitative estimate of drug-likeness (QED) is 0.797. The minimum atomic E-state index is -0.371. The molecule has 2 aromatic rings. The minimum Gasteiger partial charge on any atom is -0.494 e. The summed E-state index contributed by atoms with van der Waals surface area (Å²) in [6.45, 7) is 2.00. The number of hydrogen-bond donors (Lipinski definition) is 0. The molecule has 0 amide bonds. The van der Waals surface area contributed by atoms with Crippen LogP contribution in [0, 0.1) is 11.6 Å². The van der Waals surface area contributed by atoms with E-state index in [2.05, 4.69) is 0 Å². The third-order valence-corrected chi connectivity index (χ3v) is 4.21. The minimum absolute atomic E-state index is 0.206. The summed E-state index contributed by atoms with van der Waals surface area (Å²) in [5, 5.41) is 0. The molecule has 0 spiro atoms. The Labute approximate surface area is 129 Å². The zero-order chi connectivity index (χ0) is 15.7. The summed E-state index contributed by atoms with van der Waals surface area (Å²) in [6, 6.07) is 8.59. The molecule has 3 heteroatoms. The molecule has 0 fully saturated rings. The lowest BCUT2D eigenvalue weighted by Gasteiger charge is -2.19. The maximum absolute atomic E-state index is 14.3. The summed E-state index contributed by atoms with van der Waals surface area (Å²) in [4.78, 5) is 0. The van der Waals surface area contributed by atoms with E-state index in [0.29, 0.717) is 18.4 Å². The van der Waals surface area contributed by atoms with Gasteiger partial charge >= 0.3 is 0 Å². The summed E-state index contributed by atoms with van der Waals surface area (Å²) in [5.74, 6) is -0.318. The van der Waals surface area contributed by atoms with Crippen LogP contribution in [0.15, 0.2) is 36.4 Å². The number of benzene rings is 2. The molecule has 0 aromatic heterocycles. The average Bonchev–Trinajstić information content (AvgIpc) is 2.53. The van der Waals surface area contributed by atoms with Crippen molar-refractivity contribution in [3.63, 3.8) is 0 Å². The van der Waals surface area contributed by atoms with Gasteiger partial charge in [-0.2, -0.15) is 0 Å². The molecule has 1 aliphatic carbocycles. The summed E-state index contributed by atoms with van der Waals surface area (Å²) >= 11 is 0. The molecule has 22 heavy (non-hydrogen) atoms. The number of fused-ring (bicyclic) bond motifs is 1. The van der Waals surface area contributed by atoms with E-state index in [1.54, 1.807) is 12.1 Å². The van der Waals surface area contributed by atoms with Gasteiger partial charge in [-0.1, -0.05) is 25.1 Å². The first-order chi connectivity index (χ1) is 10.6. The SMILES string of the molecule is CCc1ccc(C2=CCc3cc(OC)c(F)cc3C2)c(F)c1. The highest BCUT2D eigenvalue weighted by Crippen LogP contribution is 2.32. The van der Waals surface area contributed by atoms with E-state index in [1.165, 1.54) is 13.2 Å². The van der Waals surface area contributed by atoms with Gasteiger partial charge in [-0.15, -0.1) is 0 Å². The van der Waals surface area contributed by atoms with Crippen LogP contribution in [0.2, 0.25) is 0 Å². The van der Waals surface area contributed by atoms with Crippen LogP contribution < -0.4 is 4.74 Å². The monoisotopic (exact) mass is 300 g/mol. The van der Waals surface area contributed by atoms with Crippen LogP contribution in [-0.4, -0.2) is 7.11 Å². The third kappa shape index (κ3) is 2.63. The zero-order valence-electron chi connectivity index (χ0n) is 12.7. The second-order valence-corrected chi connectivity index (χ2v) is 5.53. The normalized spacial score (nSPS) is 13.5. The van der Waals surface area contributed by atoms with Crippen molar-refractivity contribution in [2.24, 2.45) is 0 Å². The number of halogens is 2. The van der Waals surface area contributed by atoms with Crippen LogP contribution in [-0.2, 0) is 19.3 Å². The van der Waals surface area contributed by atoms with Crippen LogP contribution in [0.25, 0.3) is 5.57 Å². The molecule has 0 saturated carbocycles. The van der Waals surface area contributed by atoms with Crippen LogP contribution in [0.1, 0.15) is 29.2 Å². The Bertz CT molecular complexity index is 747. The van der Waals surface area contributed by atoms with Crippen LogP contribution in [0.4, 0.5) is 8.78 Å². The number of rotatable bonds is 3. The fourth-order valence-electron chi connectivity index (χ4n) is 2.90. The van der Waals surface area contributed by atoms with Gasteiger partial charge < -0.3 is 4.74 Å². The molecule has 114 valence electrons. The topological polar surface area (TPSA) is 9.23 Å². The van der Waals surface area contributed by atoms with Gasteiger partial charge in [0.15, 0.2) is 11.6 Å². The number of hydrogen-bond acceptors (Lipinski definition) is 1. The second kappa shape index (κ2) is 5.91. The highest BCUT2D eigenvalue weighted by atomic mass is 19.1. The van der Waals surface area contributed by atoms with Crippen LogP contribution >= 0.6 is 0 Å². The molecule has 0 unspecified atom stereocenters. The lowest BCUT2D eigenvalue weighted by atomic mass is 9.87. The average molecular weight is 300 g/mol. The van der Waals surface area contributed by atoms with Crippen molar-refractivity contribution < 1.29 is 13.5 Å². The van der Waals surface area contributed by atoms with E-state index < -0.39 is 0 Å². The Balaban J connectivity index is 1.94. The van der Waals surface area contributed by atoms with Gasteiger partial charge in [-0.25, -0.2) is 8.78 Å². The Morgan fingerprint density at radius 1 is 1.05 bits per heavy atom. The van der Waals surface area contributed by atoms with E-state index in [0.717, 1.165) is 28.7 Å². The van der Waals surface area contributed by atoms with Gasteiger partial charge in [-0.05, 0) is 59.7 Å². The molecule has 0 radical (unpaired) electrons. The summed E-state index contributed by atoms with van der Waals surface area (Å²) in [6.07, 6.45) is 4.03. The number of allylic oxidation sites excluding steroid dienone is 2. The summed E-state index contributed by atoms with van der Waals surface area (Å²) < 4.78 is 33.1. The van der Waals surface area contributed by atoms with Crippen molar-refractivity contribution in [1.82, 2.24) is 0 Å². The zero-order valence-corrected chi connectivity index (χ0v) is 12.7. The van der Waals surface area contributed by atoms with E-state index in [9.17, 15) is 8.78 Å². The van der Waals surface area contributed by atoms with Gasteiger partial charge in [0.05, 0.1) is 7.11 Å². The van der Waals surface area contributed by atoms with Crippen molar-refractivity contribution >= 4 is 5.57 Å². The summed E-state index contributed by atoms with van der Waals surface area (Å²) in [5.41, 5.74) is 4.44. The molecule has 0 atom stereocenters. The molecule has 0 aliphatic heterocycles. The first kappa shape index (κ1) is 14.8. The molecule has 1 aliphatic rings. The Morgan fingerprint density at radius 2 is 1.86 bits per heavy atom. The Kier molecular flexibility index (Phi) is 3.97. The smallest absolute Gasteiger partial charge is 0.165 e. The van der Waals surface area contributed by atoms with E-state index in [4.69, 9.17) is 4.74 Å². The number of ether oxygens (including phenoxy) is 1. The molecule has 0 saturated heterocycles. The second-order valence-electron chi connectivity index (χ2n) is 5.53. The number of methoxy groups -OCH3 is 1. The molecule has 0 bridgehead atoms. The fraction of sp³-hybridized carbons (Fsp3) is 0.263. The Hall–Kier alpha value is -2.16. The third-order valence-electron chi connectivity index (χ3n) is 4.21. The largest absolute Gasteiger partial charge is 0.494 e. The highest BCUT2D eigenvalue weighted by molar-refractivity contribution is 5.71. The molecule has 3 rings (SSSR count). The van der Waals surface area contributed by atoms with Crippen LogP contribution in [0.3, 0.4) is 0 Å². The Morgan fingerprint density at radius 3 is 2.55 bits per heavy atom. The lowest BCUT2D eigenvalue weighted by molar-refractivity contribution is 0.385. The van der Waals surface area contributed by atoms with Gasteiger partial charge in [0, 0.05) is 5.56 Å². The van der Waals surface area contributed by atoms with Crippen molar-refractivity contribution in [2.75, 3.05) is 7.11 Å². The van der Waals surface area contributed by atoms with E-state index >= 15 is 0 Å². The van der Waals surface area contributed by atoms with Gasteiger partial charge in [-0.3, -0.25) is 0 Å². The maximum Gasteiger partial charge on any atom is 0.165 e. The highest BCUT2D eigenvalue weighted by Gasteiger charge is 2.18. The summed E-state index contributed by atoms with van der Waals surface area (Å²) in [7, 11) is 1.46. The van der Waals surface area contributed by atoms with Gasteiger partial charge in [0.25, 0.3) is 0 Å². The number of aryl methyl sites for hydroxylation is 1. The molecular weight excluding hydrogens is 282 g/mol. The van der Waals surface area contributed by atoms with E-state index in [-0.39, 0.29) is 17.4 Å². The van der Waals surface area contributed by atoms with Crippen LogP contribution in [0.5, 0.6) is 5.75 Å². The van der Waals surface area contributed by atoms with Gasteiger partial charge in [0.1, 0.15) is 5.82 Å². The first-order valence-electron chi connectivity index (χ1n) is 7.45. The van der Waals surface area contributed by atoms with Crippen molar-refractivity contribution in [2.45, 2.75) is 26.2 Å². The molecule has 0 N–H and O–H groups in total. The molecule has 1 nitrogen and oxygen atoms in total. The molecule has 0 heterocycles. The predicted molar refractivity (Wildman–Crippen MR) is 84.1 cm³/mol. The van der Waals surface area contributed by atoms with Crippen molar-refractivity contribution in [1.29, 1.82) is 0 Å². The van der Waals surface area contributed by atoms with Crippen molar-refractivity contribution in [3.8, 4) is 5.75 Å². The molecule has 2 aromatic carbocycles. The predicted octanol–water partition coefficient (Wildman–Crippen LogP) is 4.72. The lowest BCUT2D eigenvalue weighted by Crippen LogP contribution is -2.06. The van der Waals surface area contributed by atoms with E-state index in [1.807, 2.05) is 25.1 Å². The van der Waals surface area contributed by atoms with Crippen molar-refractivity contribution in [3.05, 3.63) is 70.3 Å².